The summed E-state index contributed by atoms with van der Waals surface area (Å²) in [6, 6.07) is 14.7. The molecule has 0 N–H and O–H groups in total. The Morgan fingerprint density at radius 1 is 0.950 bits per heavy atom. The van der Waals surface area contributed by atoms with Gasteiger partial charge in [0.25, 0.3) is 0 Å². The van der Waals surface area contributed by atoms with E-state index in [0.29, 0.717) is 17.1 Å². The van der Waals surface area contributed by atoms with E-state index in [0.717, 1.165) is 5.56 Å². The molecule has 0 fully saturated rings. The minimum atomic E-state index is -0.0459. The van der Waals surface area contributed by atoms with Gasteiger partial charge >= 0.3 is 0 Å². The van der Waals surface area contributed by atoms with E-state index < -0.39 is 0 Å². The summed E-state index contributed by atoms with van der Waals surface area (Å²) in [5, 5.41) is 0. The summed E-state index contributed by atoms with van der Waals surface area (Å²) in [6.07, 6.45) is 3.27. The molecular formula is C17H16O3. The van der Waals surface area contributed by atoms with Crippen LogP contribution in [0.5, 0.6) is 11.5 Å². The Morgan fingerprint density at radius 2 is 1.70 bits per heavy atom. The van der Waals surface area contributed by atoms with Crippen LogP contribution in [0.3, 0.4) is 0 Å². The van der Waals surface area contributed by atoms with Gasteiger partial charge in [0.2, 0.25) is 0 Å². The lowest BCUT2D eigenvalue weighted by atomic mass is 10.1. The van der Waals surface area contributed by atoms with Gasteiger partial charge in [-0.15, -0.1) is 0 Å². The van der Waals surface area contributed by atoms with Crippen LogP contribution >= 0.6 is 0 Å². The molecule has 0 aliphatic heterocycles. The number of methoxy groups -OCH3 is 2. The van der Waals surface area contributed by atoms with Crippen LogP contribution in [0.25, 0.3) is 6.08 Å². The number of hydrogen-bond acceptors (Lipinski definition) is 3. The summed E-state index contributed by atoms with van der Waals surface area (Å²) in [4.78, 5) is 12.0. The quantitative estimate of drug-likeness (QED) is 0.614. The molecule has 0 unspecified atom stereocenters. The van der Waals surface area contributed by atoms with Crippen LogP contribution in [0.2, 0.25) is 0 Å². The molecule has 0 aliphatic rings. The maximum Gasteiger partial charge on any atom is 0.185 e. The third-order valence-corrected chi connectivity index (χ3v) is 2.91. The zero-order chi connectivity index (χ0) is 14.4. The SMILES string of the molecule is COc1cccc(/C=C/C(=O)c2ccccc2)c1OC. The van der Waals surface area contributed by atoms with E-state index in [9.17, 15) is 4.79 Å². The first-order valence-electron chi connectivity index (χ1n) is 6.24. The zero-order valence-electron chi connectivity index (χ0n) is 11.5. The monoisotopic (exact) mass is 268 g/mol. The molecule has 0 aliphatic carbocycles. The summed E-state index contributed by atoms with van der Waals surface area (Å²) in [6.45, 7) is 0. The van der Waals surface area contributed by atoms with Gasteiger partial charge in [0.1, 0.15) is 0 Å². The molecule has 3 nitrogen and oxygen atoms in total. The largest absolute Gasteiger partial charge is 0.493 e. The van der Waals surface area contributed by atoms with Gasteiger partial charge < -0.3 is 9.47 Å². The van der Waals surface area contributed by atoms with E-state index in [1.165, 1.54) is 6.08 Å². The number of rotatable bonds is 5. The second-order valence-electron chi connectivity index (χ2n) is 4.15. The van der Waals surface area contributed by atoms with Crippen LogP contribution in [0, 0.1) is 0 Å². The van der Waals surface area contributed by atoms with Gasteiger partial charge in [-0.05, 0) is 18.2 Å². The molecule has 2 aromatic rings. The van der Waals surface area contributed by atoms with Crippen molar-refractivity contribution in [3.63, 3.8) is 0 Å². The lowest BCUT2D eigenvalue weighted by molar-refractivity contribution is 0.104. The van der Waals surface area contributed by atoms with E-state index >= 15 is 0 Å². The van der Waals surface area contributed by atoms with Gasteiger partial charge in [-0.2, -0.15) is 0 Å². The Hall–Kier alpha value is -2.55. The molecule has 0 heterocycles. The fourth-order valence-corrected chi connectivity index (χ4v) is 1.91. The predicted octanol–water partition coefficient (Wildman–Crippen LogP) is 3.60. The molecule has 2 aromatic carbocycles. The predicted molar refractivity (Wildman–Crippen MR) is 79.4 cm³/mol. The van der Waals surface area contributed by atoms with E-state index in [4.69, 9.17) is 9.47 Å². The molecule has 0 amide bonds. The molecule has 0 radical (unpaired) electrons. The van der Waals surface area contributed by atoms with Crippen molar-refractivity contribution in [3.8, 4) is 11.5 Å². The van der Waals surface area contributed by atoms with Gasteiger partial charge in [0, 0.05) is 11.1 Å². The summed E-state index contributed by atoms with van der Waals surface area (Å²) in [7, 11) is 3.16. The molecule has 2 rings (SSSR count). The van der Waals surface area contributed by atoms with Gasteiger partial charge in [-0.3, -0.25) is 4.79 Å². The number of hydrogen-bond donors (Lipinski definition) is 0. The maximum absolute atomic E-state index is 12.0. The maximum atomic E-state index is 12.0. The number of para-hydroxylation sites is 1. The van der Waals surface area contributed by atoms with Gasteiger partial charge in [-0.1, -0.05) is 42.5 Å². The highest BCUT2D eigenvalue weighted by molar-refractivity contribution is 6.06. The number of benzene rings is 2. The Bertz CT molecular complexity index is 615. The van der Waals surface area contributed by atoms with Crippen molar-refractivity contribution in [3.05, 3.63) is 65.7 Å². The smallest absolute Gasteiger partial charge is 0.185 e. The first-order chi connectivity index (χ1) is 9.76. The third-order valence-electron chi connectivity index (χ3n) is 2.91. The number of ether oxygens (including phenoxy) is 2. The first-order valence-corrected chi connectivity index (χ1v) is 6.24. The molecule has 0 atom stereocenters. The second kappa shape index (κ2) is 6.57. The zero-order valence-corrected chi connectivity index (χ0v) is 11.5. The van der Waals surface area contributed by atoms with Gasteiger partial charge in [-0.25, -0.2) is 0 Å². The molecule has 3 heteroatoms. The van der Waals surface area contributed by atoms with Crippen LogP contribution in [0.15, 0.2) is 54.6 Å². The summed E-state index contributed by atoms with van der Waals surface area (Å²) in [5.41, 5.74) is 1.46. The summed E-state index contributed by atoms with van der Waals surface area (Å²) in [5.74, 6) is 1.21. The fourth-order valence-electron chi connectivity index (χ4n) is 1.91. The average molecular weight is 268 g/mol. The molecule has 0 aromatic heterocycles. The minimum Gasteiger partial charge on any atom is -0.493 e. The van der Waals surface area contributed by atoms with Crippen molar-refractivity contribution >= 4 is 11.9 Å². The van der Waals surface area contributed by atoms with Crippen molar-refractivity contribution in [2.75, 3.05) is 14.2 Å². The lowest BCUT2D eigenvalue weighted by Gasteiger charge is -2.09. The van der Waals surface area contributed by atoms with E-state index in [1.807, 2.05) is 36.4 Å². The fraction of sp³-hybridized carbons (Fsp3) is 0.118. The summed E-state index contributed by atoms with van der Waals surface area (Å²) >= 11 is 0. The highest BCUT2D eigenvalue weighted by Gasteiger charge is 2.07. The lowest BCUT2D eigenvalue weighted by Crippen LogP contribution is -1.95. The highest BCUT2D eigenvalue weighted by atomic mass is 16.5. The number of ketones is 1. The van der Waals surface area contributed by atoms with Crippen LogP contribution < -0.4 is 9.47 Å². The Kier molecular flexibility index (Phi) is 4.56. The Labute approximate surface area is 118 Å². The number of carbonyl (C=O) groups excluding carboxylic acids is 1. The van der Waals surface area contributed by atoms with Crippen molar-refractivity contribution in [1.82, 2.24) is 0 Å². The molecule has 0 bridgehead atoms. The molecule has 0 spiro atoms. The highest BCUT2D eigenvalue weighted by Crippen LogP contribution is 2.31. The number of carbonyl (C=O) groups is 1. The second-order valence-corrected chi connectivity index (χ2v) is 4.15. The van der Waals surface area contributed by atoms with Crippen LogP contribution in [-0.4, -0.2) is 20.0 Å². The van der Waals surface area contributed by atoms with Crippen molar-refractivity contribution in [1.29, 1.82) is 0 Å². The minimum absolute atomic E-state index is 0.0459. The Balaban J connectivity index is 2.26. The molecule has 0 saturated heterocycles. The van der Waals surface area contributed by atoms with Gasteiger partial charge in [0.05, 0.1) is 14.2 Å². The van der Waals surface area contributed by atoms with Crippen LogP contribution in [0.4, 0.5) is 0 Å². The molecular weight excluding hydrogens is 252 g/mol. The number of allylic oxidation sites excluding steroid dienone is 1. The molecule has 0 saturated carbocycles. The molecule has 20 heavy (non-hydrogen) atoms. The topological polar surface area (TPSA) is 35.5 Å². The van der Waals surface area contributed by atoms with E-state index in [1.54, 1.807) is 32.4 Å². The Morgan fingerprint density at radius 3 is 2.35 bits per heavy atom. The van der Waals surface area contributed by atoms with Crippen molar-refractivity contribution < 1.29 is 14.3 Å². The normalized spacial score (nSPS) is 10.5. The van der Waals surface area contributed by atoms with E-state index in [-0.39, 0.29) is 5.78 Å². The third kappa shape index (κ3) is 3.06. The molecule has 102 valence electrons. The summed E-state index contributed by atoms with van der Waals surface area (Å²) < 4.78 is 10.5. The van der Waals surface area contributed by atoms with Gasteiger partial charge in [0.15, 0.2) is 17.3 Å². The average Bonchev–Trinajstić information content (AvgIpc) is 2.52. The van der Waals surface area contributed by atoms with Crippen molar-refractivity contribution in [2.24, 2.45) is 0 Å². The van der Waals surface area contributed by atoms with Crippen LogP contribution in [0.1, 0.15) is 15.9 Å². The standard InChI is InChI=1S/C17H16O3/c1-19-16-10-6-9-14(17(16)20-2)11-12-15(18)13-7-4-3-5-8-13/h3-12H,1-2H3/b12-11+. The first kappa shape index (κ1) is 13.9. The van der Waals surface area contributed by atoms with Crippen LogP contribution in [-0.2, 0) is 0 Å². The van der Waals surface area contributed by atoms with E-state index in [2.05, 4.69) is 0 Å². The van der Waals surface area contributed by atoms with Crippen molar-refractivity contribution in [2.45, 2.75) is 0 Å².